The Bertz CT molecular complexity index is 837. The predicted molar refractivity (Wildman–Crippen MR) is 95.1 cm³/mol. The second kappa shape index (κ2) is 6.75. The molecule has 2 fully saturated rings. The van der Waals surface area contributed by atoms with Crippen molar-refractivity contribution in [3.8, 4) is 0 Å². The minimum atomic E-state index is -0.639. The number of fused-ring (bicyclic) bond motifs is 2. The van der Waals surface area contributed by atoms with E-state index in [1.807, 2.05) is 0 Å². The van der Waals surface area contributed by atoms with E-state index in [9.17, 15) is 24.5 Å². The van der Waals surface area contributed by atoms with Gasteiger partial charge in [0.2, 0.25) is 5.91 Å². The first-order valence-electron chi connectivity index (χ1n) is 9.38. The van der Waals surface area contributed by atoms with Gasteiger partial charge in [0, 0.05) is 25.2 Å². The van der Waals surface area contributed by atoms with Crippen LogP contribution in [0.4, 0.5) is 5.69 Å². The first kappa shape index (κ1) is 17.6. The molecule has 0 N–H and O–H groups in total. The summed E-state index contributed by atoms with van der Waals surface area (Å²) >= 11 is 0. The monoisotopic (exact) mass is 371 g/mol. The molecule has 0 bridgehead atoms. The zero-order valence-electron chi connectivity index (χ0n) is 14.9. The summed E-state index contributed by atoms with van der Waals surface area (Å²) in [6, 6.07) is 3.59. The van der Waals surface area contributed by atoms with E-state index in [0.29, 0.717) is 24.9 Å². The van der Waals surface area contributed by atoms with E-state index in [2.05, 4.69) is 0 Å². The Labute approximate surface area is 156 Å². The van der Waals surface area contributed by atoms with Crippen LogP contribution in [-0.4, -0.2) is 52.1 Å². The van der Waals surface area contributed by atoms with E-state index >= 15 is 0 Å². The Morgan fingerprint density at radius 3 is 2.52 bits per heavy atom. The summed E-state index contributed by atoms with van der Waals surface area (Å²) in [7, 11) is 0. The number of amides is 3. The Kier molecular flexibility index (Phi) is 4.41. The Hall–Kier alpha value is -2.77. The number of hydrogen-bond acceptors (Lipinski definition) is 5. The third kappa shape index (κ3) is 3.09. The van der Waals surface area contributed by atoms with Gasteiger partial charge in [0.05, 0.1) is 16.1 Å². The molecular weight excluding hydrogens is 350 g/mol. The van der Waals surface area contributed by atoms with E-state index in [1.54, 1.807) is 4.90 Å². The van der Waals surface area contributed by atoms with Crippen LogP contribution in [0.5, 0.6) is 0 Å². The lowest BCUT2D eigenvalue weighted by molar-refractivity contribution is -0.384. The second-order valence-electron chi connectivity index (χ2n) is 7.62. The molecule has 3 aliphatic rings. The van der Waals surface area contributed by atoms with Crippen molar-refractivity contribution >= 4 is 23.4 Å². The number of nitro groups is 1. The van der Waals surface area contributed by atoms with Gasteiger partial charge < -0.3 is 4.90 Å². The highest BCUT2D eigenvalue weighted by Crippen LogP contribution is 2.36. The number of nitro benzene ring substituents is 1. The number of benzene rings is 1. The van der Waals surface area contributed by atoms with E-state index in [-0.39, 0.29) is 29.3 Å². The molecule has 2 aliphatic heterocycles. The number of non-ortho nitro benzene ring substituents is 1. The van der Waals surface area contributed by atoms with Crippen molar-refractivity contribution in [2.24, 2.45) is 11.8 Å². The summed E-state index contributed by atoms with van der Waals surface area (Å²) < 4.78 is 0. The Balaban J connectivity index is 1.46. The van der Waals surface area contributed by atoms with Crippen LogP contribution in [0.15, 0.2) is 18.2 Å². The fourth-order valence-electron chi connectivity index (χ4n) is 4.60. The van der Waals surface area contributed by atoms with Gasteiger partial charge in [-0.15, -0.1) is 0 Å². The molecule has 3 amide bonds. The van der Waals surface area contributed by atoms with Crippen LogP contribution >= 0.6 is 0 Å². The molecule has 1 saturated heterocycles. The molecule has 4 rings (SSSR count). The Morgan fingerprint density at radius 2 is 1.78 bits per heavy atom. The van der Waals surface area contributed by atoms with Crippen molar-refractivity contribution < 1.29 is 19.3 Å². The standard InChI is InChI=1S/C19H21N3O5/c23-17(20-8-7-12-3-1-2-4-13(12)10-20)11-21-18(24)15-6-5-14(22(26)27)9-16(15)19(21)25/h5-6,9,12-13H,1-4,7-8,10-11H2/t12-,13-/m0/s1. The third-order valence-electron chi connectivity index (χ3n) is 6.10. The molecule has 8 heteroatoms. The van der Waals surface area contributed by atoms with E-state index < -0.39 is 16.7 Å². The van der Waals surface area contributed by atoms with Crippen molar-refractivity contribution in [1.82, 2.24) is 9.80 Å². The number of rotatable bonds is 3. The van der Waals surface area contributed by atoms with Gasteiger partial charge in [-0.05, 0) is 30.7 Å². The van der Waals surface area contributed by atoms with Gasteiger partial charge in [0.1, 0.15) is 6.54 Å². The molecule has 1 aromatic carbocycles. The summed E-state index contributed by atoms with van der Waals surface area (Å²) in [6.45, 7) is 1.05. The second-order valence-corrected chi connectivity index (χ2v) is 7.62. The first-order valence-corrected chi connectivity index (χ1v) is 9.38. The average Bonchev–Trinajstić information content (AvgIpc) is 2.92. The molecule has 8 nitrogen and oxygen atoms in total. The van der Waals surface area contributed by atoms with Gasteiger partial charge in [-0.3, -0.25) is 29.4 Å². The Morgan fingerprint density at radius 1 is 1.07 bits per heavy atom. The first-order chi connectivity index (χ1) is 13.0. The van der Waals surface area contributed by atoms with Crippen molar-refractivity contribution in [2.75, 3.05) is 19.6 Å². The van der Waals surface area contributed by atoms with E-state index in [4.69, 9.17) is 0 Å². The van der Waals surface area contributed by atoms with E-state index in [0.717, 1.165) is 23.8 Å². The summed E-state index contributed by atoms with van der Waals surface area (Å²) in [4.78, 5) is 50.7. The SMILES string of the molecule is O=C(CN1C(=O)c2ccc([N+](=O)[O-])cc2C1=O)N1CC[C@@H]2CCCC[C@H]2C1. The highest BCUT2D eigenvalue weighted by molar-refractivity contribution is 6.22. The maximum atomic E-state index is 12.7. The number of carbonyl (C=O) groups is 3. The zero-order chi connectivity index (χ0) is 19.1. The summed E-state index contributed by atoms with van der Waals surface area (Å²) in [6.07, 6.45) is 5.79. The van der Waals surface area contributed by atoms with Gasteiger partial charge >= 0.3 is 0 Å². The molecule has 0 spiro atoms. The van der Waals surface area contributed by atoms with Crippen LogP contribution in [0, 0.1) is 22.0 Å². The number of likely N-dealkylation sites (tertiary alicyclic amines) is 1. The molecule has 0 unspecified atom stereocenters. The smallest absolute Gasteiger partial charge is 0.270 e. The molecule has 142 valence electrons. The number of carbonyl (C=O) groups excluding carboxylic acids is 3. The summed E-state index contributed by atoms with van der Waals surface area (Å²) in [5.41, 5.74) is -0.139. The molecule has 27 heavy (non-hydrogen) atoms. The molecule has 2 heterocycles. The largest absolute Gasteiger partial charge is 0.341 e. The normalized spacial score (nSPS) is 24.6. The van der Waals surface area contributed by atoms with Crippen LogP contribution in [0.25, 0.3) is 0 Å². The zero-order valence-corrected chi connectivity index (χ0v) is 14.9. The number of imide groups is 1. The van der Waals surface area contributed by atoms with Gasteiger partial charge in [0.15, 0.2) is 0 Å². The fourth-order valence-corrected chi connectivity index (χ4v) is 4.60. The van der Waals surface area contributed by atoms with Crippen molar-refractivity contribution in [3.63, 3.8) is 0 Å². The summed E-state index contributed by atoms with van der Waals surface area (Å²) in [5.74, 6) is -0.239. The van der Waals surface area contributed by atoms with Gasteiger partial charge in [-0.25, -0.2) is 0 Å². The minimum Gasteiger partial charge on any atom is -0.341 e. The van der Waals surface area contributed by atoms with Crippen LogP contribution in [0.2, 0.25) is 0 Å². The lowest BCUT2D eigenvalue weighted by Crippen LogP contribution is -2.49. The van der Waals surface area contributed by atoms with Crippen LogP contribution < -0.4 is 0 Å². The molecule has 1 saturated carbocycles. The molecule has 2 atom stereocenters. The third-order valence-corrected chi connectivity index (χ3v) is 6.10. The quantitative estimate of drug-likeness (QED) is 0.461. The highest BCUT2D eigenvalue weighted by Gasteiger charge is 2.40. The van der Waals surface area contributed by atoms with Crippen molar-refractivity contribution in [3.05, 3.63) is 39.4 Å². The maximum Gasteiger partial charge on any atom is 0.270 e. The van der Waals surface area contributed by atoms with Crippen LogP contribution in [0.1, 0.15) is 52.8 Å². The van der Waals surface area contributed by atoms with Crippen LogP contribution in [0.3, 0.4) is 0 Å². The number of piperidine rings is 1. The number of nitrogens with zero attached hydrogens (tertiary/aromatic N) is 3. The lowest BCUT2D eigenvalue weighted by Gasteiger charge is -2.41. The van der Waals surface area contributed by atoms with Gasteiger partial charge in [-0.2, -0.15) is 0 Å². The minimum absolute atomic E-state index is 0.00649. The molecule has 0 radical (unpaired) electrons. The topological polar surface area (TPSA) is 101 Å². The molecule has 1 aromatic rings. The van der Waals surface area contributed by atoms with E-state index in [1.165, 1.54) is 31.4 Å². The average molecular weight is 371 g/mol. The van der Waals surface area contributed by atoms with Crippen molar-refractivity contribution in [1.29, 1.82) is 0 Å². The molecule has 1 aliphatic carbocycles. The predicted octanol–water partition coefficient (Wildman–Crippen LogP) is 2.23. The van der Waals surface area contributed by atoms with Crippen molar-refractivity contribution in [2.45, 2.75) is 32.1 Å². The van der Waals surface area contributed by atoms with Crippen LogP contribution in [-0.2, 0) is 4.79 Å². The number of hydrogen-bond donors (Lipinski definition) is 0. The van der Waals surface area contributed by atoms with Gasteiger partial charge in [0.25, 0.3) is 17.5 Å². The lowest BCUT2D eigenvalue weighted by atomic mass is 9.75. The highest BCUT2D eigenvalue weighted by atomic mass is 16.6. The summed E-state index contributed by atoms with van der Waals surface area (Å²) in [5, 5.41) is 10.9. The maximum absolute atomic E-state index is 12.7. The van der Waals surface area contributed by atoms with Gasteiger partial charge in [-0.1, -0.05) is 19.3 Å². The molecule has 0 aromatic heterocycles. The molecular formula is C19H21N3O5. The fraction of sp³-hybridized carbons (Fsp3) is 0.526.